The maximum Gasteiger partial charge on any atom is 0.408 e. The van der Waals surface area contributed by atoms with Gasteiger partial charge in [-0.15, -0.1) is 0 Å². The summed E-state index contributed by atoms with van der Waals surface area (Å²) in [6.45, 7) is 15.8. The van der Waals surface area contributed by atoms with Gasteiger partial charge < -0.3 is 20.3 Å². The molecule has 8 heteroatoms. The zero-order valence-corrected chi connectivity index (χ0v) is 23.8. The molecule has 0 aliphatic carbocycles. The number of nitrogens with zero attached hydrogens (tertiary/aromatic N) is 1. The number of thioether (sulfide) groups is 1. The monoisotopic (exact) mass is 507 g/mol. The van der Waals surface area contributed by atoms with Gasteiger partial charge in [0.25, 0.3) is 0 Å². The molecule has 198 valence electrons. The summed E-state index contributed by atoms with van der Waals surface area (Å²) in [5.41, 5.74) is 2.24. The standard InChI is InChI=1S/C27H45N3O4S/c1-10-11-15-28-24(31)23(21-13-12-19(4)20(5)17-21)30(18(2)3)25(32)22(14-16-35-9)29-26(33)34-27(6,7)8/h12-13,17-18,22-23H,10-11,14-16H2,1-9H3,(H,28,31)(H,29,33). The summed E-state index contributed by atoms with van der Waals surface area (Å²) >= 11 is 1.59. The highest BCUT2D eigenvalue weighted by atomic mass is 32.2. The van der Waals surface area contributed by atoms with Gasteiger partial charge >= 0.3 is 6.09 Å². The molecule has 2 atom stereocenters. The average Bonchev–Trinajstić information content (AvgIpc) is 2.75. The molecule has 0 spiro atoms. The van der Waals surface area contributed by atoms with Crippen LogP contribution in [0, 0.1) is 13.8 Å². The molecule has 1 aromatic carbocycles. The van der Waals surface area contributed by atoms with Crippen LogP contribution in [0.5, 0.6) is 0 Å². The van der Waals surface area contributed by atoms with Crippen molar-refractivity contribution < 1.29 is 19.1 Å². The molecule has 0 heterocycles. The minimum Gasteiger partial charge on any atom is -0.444 e. The highest BCUT2D eigenvalue weighted by Gasteiger charge is 2.37. The summed E-state index contributed by atoms with van der Waals surface area (Å²) in [6.07, 6.45) is 3.56. The number of carbonyl (C=O) groups excluding carboxylic acids is 3. The fraction of sp³-hybridized carbons (Fsp3) is 0.667. The van der Waals surface area contributed by atoms with Gasteiger partial charge in [-0.1, -0.05) is 31.5 Å². The van der Waals surface area contributed by atoms with Crippen molar-refractivity contribution in [2.24, 2.45) is 0 Å². The fourth-order valence-corrected chi connectivity index (χ4v) is 4.13. The number of aryl methyl sites for hydroxylation is 2. The molecule has 0 radical (unpaired) electrons. The van der Waals surface area contributed by atoms with Gasteiger partial charge in [-0.05, 0) is 90.0 Å². The van der Waals surface area contributed by atoms with E-state index in [0.29, 0.717) is 18.7 Å². The Morgan fingerprint density at radius 2 is 1.77 bits per heavy atom. The zero-order valence-electron chi connectivity index (χ0n) is 23.0. The SMILES string of the molecule is CCCCNC(=O)C(c1ccc(C)c(C)c1)N(C(=O)C(CCSC)NC(=O)OC(C)(C)C)C(C)C. The van der Waals surface area contributed by atoms with E-state index in [-0.39, 0.29) is 17.9 Å². The number of hydrogen-bond donors (Lipinski definition) is 2. The Morgan fingerprint density at radius 1 is 1.11 bits per heavy atom. The van der Waals surface area contributed by atoms with Crippen LogP contribution in [0.4, 0.5) is 4.79 Å². The number of hydrogen-bond acceptors (Lipinski definition) is 5. The van der Waals surface area contributed by atoms with Crippen LogP contribution in [0.3, 0.4) is 0 Å². The Bertz CT molecular complexity index is 851. The molecule has 2 N–H and O–H groups in total. The molecule has 7 nitrogen and oxygen atoms in total. The van der Waals surface area contributed by atoms with Gasteiger partial charge in [0.2, 0.25) is 11.8 Å². The van der Waals surface area contributed by atoms with Crippen molar-refractivity contribution in [2.75, 3.05) is 18.6 Å². The van der Waals surface area contributed by atoms with Gasteiger partial charge in [0.05, 0.1) is 0 Å². The van der Waals surface area contributed by atoms with Crippen LogP contribution in [0.1, 0.15) is 83.5 Å². The van der Waals surface area contributed by atoms with Crippen LogP contribution in [0.15, 0.2) is 18.2 Å². The van der Waals surface area contributed by atoms with E-state index >= 15 is 0 Å². The van der Waals surface area contributed by atoms with Gasteiger partial charge in [-0.2, -0.15) is 11.8 Å². The first-order chi connectivity index (χ1) is 16.3. The fourth-order valence-electron chi connectivity index (χ4n) is 3.66. The summed E-state index contributed by atoms with van der Waals surface area (Å²) in [6, 6.07) is 3.97. The first kappa shape index (κ1) is 30.8. The molecule has 0 aliphatic heterocycles. The van der Waals surface area contributed by atoms with Gasteiger partial charge in [-0.3, -0.25) is 9.59 Å². The Hall–Kier alpha value is -2.22. The maximum atomic E-state index is 14.0. The van der Waals surface area contributed by atoms with E-state index in [0.717, 1.165) is 29.5 Å². The summed E-state index contributed by atoms with van der Waals surface area (Å²) < 4.78 is 5.42. The molecule has 0 aromatic heterocycles. The summed E-state index contributed by atoms with van der Waals surface area (Å²) in [7, 11) is 0. The van der Waals surface area contributed by atoms with E-state index in [1.807, 2.05) is 52.1 Å². The number of unbranched alkanes of at least 4 members (excludes halogenated alkanes) is 1. The maximum absolute atomic E-state index is 14.0. The number of ether oxygens (including phenoxy) is 1. The van der Waals surface area contributed by atoms with Crippen LogP contribution in [0.25, 0.3) is 0 Å². The molecule has 35 heavy (non-hydrogen) atoms. The van der Waals surface area contributed by atoms with E-state index in [9.17, 15) is 14.4 Å². The quantitative estimate of drug-likeness (QED) is 0.382. The molecule has 1 rings (SSSR count). The molecule has 0 bridgehead atoms. The third-order valence-corrected chi connectivity index (χ3v) is 6.26. The lowest BCUT2D eigenvalue weighted by atomic mass is 9.97. The van der Waals surface area contributed by atoms with Crippen LogP contribution in [-0.4, -0.2) is 59.0 Å². The van der Waals surface area contributed by atoms with Crippen molar-refractivity contribution in [1.82, 2.24) is 15.5 Å². The van der Waals surface area contributed by atoms with Crippen LogP contribution in [-0.2, 0) is 14.3 Å². The molecule has 0 saturated heterocycles. The molecule has 3 amide bonds. The Balaban J connectivity index is 3.42. The largest absolute Gasteiger partial charge is 0.444 e. The van der Waals surface area contributed by atoms with E-state index in [1.54, 1.807) is 37.4 Å². The number of benzene rings is 1. The van der Waals surface area contributed by atoms with Crippen molar-refractivity contribution in [2.45, 2.75) is 98.4 Å². The molecular formula is C27H45N3O4S. The van der Waals surface area contributed by atoms with Gasteiger partial charge in [-0.25, -0.2) is 4.79 Å². The predicted octanol–water partition coefficient (Wildman–Crippen LogP) is 5.14. The van der Waals surface area contributed by atoms with Crippen molar-refractivity contribution >= 4 is 29.7 Å². The lowest BCUT2D eigenvalue weighted by Crippen LogP contribution is -2.55. The average molecular weight is 508 g/mol. The van der Waals surface area contributed by atoms with Crippen LogP contribution < -0.4 is 10.6 Å². The first-order valence-electron chi connectivity index (χ1n) is 12.5. The highest BCUT2D eigenvalue weighted by Crippen LogP contribution is 2.27. The van der Waals surface area contributed by atoms with E-state index in [1.165, 1.54) is 0 Å². The molecule has 0 fully saturated rings. The second kappa shape index (κ2) is 14.4. The third-order valence-electron chi connectivity index (χ3n) is 5.61. The predicted molar refractivity (Wildman–Crippen MR) is 145 cm³/mol. The van der Waals surface area contributed by atoms with Gasteiger partial charge in [0.15, 0.2) is 0 Å². The Kier molecular flexibility index (Phi) is 12.6. The molecule has 1 aromatic rings. The number of amides is 3. The molecule has 0 aliphatic rings. The van der Waals surface area contributed by atoms with E-state index < -0.39 is 23.8 Å². The van der Waals surface area contributed by atoms with Crippen LogP contribution >= 0.6 is 11.8 Å². The normalized spacial score (nSPS) is 13.2. The lowest BCUT2D eigenvalue weighted by Gasteiger charge is -2.37. The molecule has 0 saturated carbocycles. The van der Waals surface area contributed by atoms with Crippen molar-refractivity contribution in [1.29, 1.82) is 0 Å². The molecular weight excluding hydrogens is 462 g/mol. The summed E-state index contributed by atoms with van der Waals surface area (Å²) in [5, 5.41) is 5.78. The first-order valence-corrected chi connectivity index (χ1v) is 13.9. The smallest absolute Gasteiger partial charge is 0.408 e. The summed E-state index contributed by atoms with van der Waals surface area (Å²) in [4.78, 5) is 41.6. The van der Waals surface area contributed by atoms with Crippen molar-refractivity contribution in [3.05, 3.63) is 34.9 Å². The van der Waals surface area contributed by atoms with Crippen molar-refractivity contribution in [3.8, 4) is 0 Å². The number of nitrogens with one attached hydrogen (secondary N) is 2. The van der Waals surface area contributed by atoms with Gasteiger partial charge in [0.1, 0.15) is 17.7 Å². The zero-order chi connectivity index (χ0) is 26.8. The third kappa shape index (κ3) is 10.1. The number of carbonyl (C=O) groups is 3. The number of alkyl carbamates (subject to hydrolysis) is 1. The van der Waals surface area contributed by atoms with E-state index in [2.05, 4.69) is 17.6 Å². The van der Waals surface area contributed by atoms with Crippen LogP contribution in [0.2, 0.25) is 0 Å². The second-order valence-corrected chi connectivity index (χ2v) is 11.2. The van der Waals surface area contributed by atoms with Gasteiger partial charge in [0, 0.05) is 12.6 Å². The van der Waals surface area contributed by atoms with E-state index in [4.69, 9.17) is 4.74 Å². The summed E-state index contributed by atoms with van der Waals surface area (Å²) in [5.74, 6) is 0.160. The van der Waals surface area contributed by atoms with Crippen molar-refractivity contribution in [3.63, 3.8) is 0 Å². The Morgan fingerprint density at radius 3 is 2.29 bits per heavy atom. The second-order valence-electron chi connectivity index (χ2n) is 10.2. The highest BCUT2D eigenvalue weighted by molar-refractivity contribution is 7.98. The minimum absolute atomic E-state index is 0.218. The lowest BCUT2D eigenvalue weighted by molar-refractivity contribution is -0.144. The molecule has 2 unspecified atom stereocenters. The number of rotatable bonds is 12. The minimum atomic E-state index is -0.809. The topological polar surface area (TPSA) is 87.7 Å². The Labute approximate surface area is 216 Å².